The highest BCUT2D eigenvalue weighted by Gasteiger charge is 2.45. The van der Waals surface area contributed by atoms with Crippen molar-refractivity contribution in [2.24, 2.45) is 0 Å². The molecular weight excluding hydrogens is 283 g/mol. The molecule has 1 saturated heterocycles. The van der Waals surface area contributed by atoms with E-state index in [2.05, 4.69) is 24.5 Å². The third-order valence-electron chi connectivity index (χ3n) is 3.99. The lowest BCUT2D eigenvalue weighted by Crippen LogP contribution is -2.47. The molecule has 1 atom stereocenters. The molecular formula is C17H25FN2O2. The van der Waals surface area contributed by atoms with E-state index < -0.39 is 0 Å². The number of hydrogen-bond acceptors (Lipinski definition) is 3. The topological polar surface area (TPSA) is 50.4 Å². The lowest BCUT2D eigenvalue weighted by molar-refractivity contribution is -0.120. The molecule has 1 amide bonds. The van der Waals surface area contributed by atoms with Gasteiger partial charge in [-0.05, 0) is 51.8 Å². The van der Waals surface area contributed by atoms with Crippen LogP contribution >= 0.6 is 0 Å². The molecule has 1 heterocycles. The second-order valence-corrected chi connectivity index (χ2v) is 7.01. The first-order chi connectivity index (χ1) is 10.2. The number of rotatable bonds is 5. The highest BCUT2D eigenvalue weighted by Crippen LogP contribution is 2.37. The molecule has 22 heavy (non-hydrogen) atoms. The Balaban J connectivity index is 1.77. The van der Waals surface area contributed by atoms with Gasteiger partial charge in [-0.15, -0.1) is 0 Å². The summed E-state index contributed by atoms with van der Waals surface area (Å²) < 4.78 is 18.8. The molecule has 0 spiro atoms. The van der Waals surface area contributed by atoms with E-state index in [0.717, 1.165) is 12.0 Å². The Bertz CT molecular complexity index is 526. The van der Waals surface area contributed by atoms with E-state index in [4.69, 9.17) is 4.74 Å². The molecule has 0 bridgehead atoms. The van der Waals surface area contributed by atoms with Crippen LogP contribution < -0.4 is 10.6 Å². The summed E-state index contributed by atoms with van der Waals surface area (Å²) in [6.07, 6.45) is 0.866. The number of halogens is 1. The predicted molar refractivity (Wildman–Crippen MR) is 83.9 cm³/mol. The van der Waals surface area contributed by atoms with Gasteiger partial charge in [-0.2, -0.15) is 0 Å². The van der Waals surface area contributed by atoms with Crippen molar-refractivity contribution in [1.29, 1.82) is 0 Å². The monoisotopic (exact) mass is 308 g/mol. The molecule has 122 valence electrons. The van der Waals surface area contributed by atoms with E-state index in [0.29, 0.717) is 6.54 Å². The molecule has 0 aliphatic carbocycles. The van der Waals surface area contributed by atoms with Crippen LogP contribution in [0.25, 0.3) is 0 Å². The van der Waals surface area contributed by atoms with E-state index >= 15 is 0 Å². The fourth-order valence-corrected chi connectivity index (χ4v) is 2.96. The molecule has 5 heteroatoms. The largest absolute Gasteiger partial charge is 0.368 e. The van der Waals surface area contributed by atoms with Gasteiger partial charge in [-0.3, -0.25) is 4.79 Å². The van der Waals surface area contributed by atoms with E-state index in [1.807, 2.05) is 13.8 Å². The van der Waals surface area contributed by atoms with E-state index in [1.54, 1.807) is 12.1 Å². The summed E-state index contributed by atoms with van der Waals surface area (Å²) in [5, 5.41) is 6.10. The van der Waals surface area contributed by atoms with Crippen LogP contribution in [0.1, 0.15) is 39.7 Å². The zero-order chi connectivity index (χ0) is 16.4. The van der Waals surface area contributed by atoms with Crippen LogP contribution in [0.15, 0.2) is 24.3 Å². The Morgan fingerprint density at radius 1 is 1.27 bits per heavy atom. The number of carbonyl (C=O) groups is 1. The number of amides is 1. The molecule has 2 rings (SSSR count). The van der Waals surface area contributed by atoms with Crippen molar-refractivity contribution >= 4 is 5.91 Å². The first kappa shape index (κ1) is 16.9. The van der Waals surface area contributed by atoms with Gasteiger partial charge in [0.2, 0.25) is 5.91 Å². The molecule has 0 unspecified atom stereocenters. The van der Waals surface area contributed by atoms with Crippen molar-refractivity contribution in [3.05, 3.63) is 35.6 Å². The summed E-state index contributed by atoms with van der Waals surface area (Å²) in [6.45, 7) is 8.84. The van der Waals surface area contributed by atoms with E-state index in [9.17, 15) is 9.18 Å². The lowest BCUT2D eigenvalue weighted by atomic mass is 9.94. The summed E-state index contributed by atoms with van der Waals surface area (Å²) in [6, 6.07) is 6.25. The van der Waals surface area contributed by atoms with Crippen LogP contribution in [0.3, 0.4) is 0 Å². The zero-order valence-corrected chi connectivity index (χ0v) is 13.7. The summed E-state index contributed by atoms with van der Waals surface area (Å²) in [5.74, 6) is -0.354. The maximum atomic E-state index is 12.8. The summed E-state index contributed by atoms with van der Waals surface area (Å²) in [5.41, 5.74) is 0.410. The number of hydrogen-bond donors (Lipinski definition) is 2. The lowest BCUT2D eigenvalue weighted by Gasteiger charge is -2.27. The minimum Gasteiger partial charge on any atom is -0.368 e. The minimum atomic E-state index is -0.291. The SMILES string of the molecule is CC1(C)C[C@@H](NCC(=O)NCc2ccc(F)cc2)C(C)(C)O1. The summed E-state index contributed by atoms with van der Waals surface area (Å²) >= 11 is 0. The van der Waals surface area contributed by atoms with Gasteiger partial charge in [0.25, 0.3) is 0 Å². The van der Waals surface area contributed by atoms with Crippen molar-refractivity contribution in [2.45, 2.75) is 57.9 Å². The molecule has 1 fully saturated rings. The van der Waals surface area contributed by atoms with Crippen LogP contribution in [-0.4, -0.2) is 29.7 Å². The van der Waals surface area contributed by atoms with Gasteiger partial charge in [0.1, 0.15) is 5.82 Å². The Labute approximate surface area is 131 Å². The fraction of sp³-hybridized carbons (Fsp3) is 0.588. The summed E-state index contributed by atoms with van der Waals surface area (Å²) in [7, 11) is 0. The van der Waals surface area contributed by atoms with Crippen LogP contribution in [0.4, 0.5) is 4.39 Å². The minimum absolute atomic E-state index is 0.0789. The van der Waals surface area contributed by atoms with Crippen LogP contribution in [0, 0.1) is 5.82 Å². The maximum absolute atomic E-state index is 12.8. The van der Waals surface area contributed by atoms with Gasteiger partial charge in [0.15, 0.2) is 0 Å². The number of benzene rings is 1. The van der Waals surface area contributed by atoms with Gasteiger partial charge in [0.05, 0.1) is 17.7 Å². The smallest absolute Gasteiger partial charge is 0.234 e. The second kappa shape index (κ2) is 6.34. The maximum Gasteiger partial charge on any atom is 0.234 e. The predicted octanol–water partition coefficient (Wildman–Crippen LogP) is 2.38. The van der Waals surface area contributed by atoms with Crippen LogP contribution in [0.2, 0.25) is 0 Å². The van der Waals surface area contributed by atoms with Gasteiger partial charge in [-0.25, -0.2) is 4.39 Å². The van der Waals surface area contributed by atoms with E-state index in [-0.39, 0.29) is 35.5 Å². The average Bonchev–Trinajstić information content (AvgIpc) is 2.63. The third-order valence-corrected chi connectivity index (χ3v) is 3.99. The number of ether oxygens (including phenoxy) is 1. The van der Waals surface area contributed by atoms with Crippen LogP contribution in [0.5, 0.6) is 0 Å². The van der Waals surface area contributed by atoms with Gasteiger partial charge >= 0.3 is 0 Å². The van der Waals surface area contributed by atoms with Crippen molar-refractivity contribution in [3.8, 4) is 0 Å². The third kappa shape index (κ3) is 4.52. The van der Waals surface area contributed by atoms with Crippen molar-refractivity contribution < 1.29 is 13.9 Å². The Hall–Kier alpha value is -1.46. The zero-order valence-electron chi connectivity index (χ0n) is 13.7. The number of carbonyl (C=O) groups excluding carboxylic acids is 1. The molecule has 0 radical (unpaired) electrons. The summed E-state index contributed by atoms with van der Waals surface area (Å²) in [4.78, 5) is 11.9. The quantitative estimate of drug-likeness (QED) is 0.878. The molecule has 1 aromatic carbocycles. The highest BCUT2D eigenvalue weighted by molar-refractivity contribution is 5.78. The Kier molecular flexibility index (Phi) is 4.87. The van der Waals surface area contributed by atoms with Gasteiger partial charge in [-0.1, -0.05) is 12.1 Å². The molecule has 0 saturated carbocycles. The molecule has 4 nitrogen and oxygen atoms in total. The standard InChI is InChI=1S/C17H25FN2O2/c1-16(2)9-14(17(3,4)22-16)19-11-15(21)20-10-12-5-7-13(18)8-6-12/h5-8,14,19H,9-11H2,1-4H3,(H,20,21)/t14-/m1/s1. The van der Waals surface area contributed by atoms with E-state index in [1.165, 1.54) is 12.1 Å². The first-order valence-corrected chi connectivity index (χ1v) is 7.63. The second-order valence-electron chi connectivity index (χ2n) is 7.01. The molecule has 0 aromatic heterocycles. The molecule has 1 aromatic rings. The highest BCUT2D eigenvalue weighted by atomic mass is 19.1. The Morgan fingerprint density at radius 2 is 1.91 bits per heavy atom. The fourth-order valence-electron chi connectivity index (χ4n) is 2.96. The first-order valence-electron chi connectivity index (χ1n) is 7.63. The van der Waals surface area contributed by atoms with Crippen molar-refractivity contribution in [3.63, 3.8) is 0 Å². The normalized spacial score (nSPS) is 22.5. The average molecular weight is 308 g/mol. The van der Waals surface area contributed by atoms with Crippen molar-refractivity contribution in [2.75, 3.05) is 6.54 Å². The molecule has 1 aliphatic heterocycles. The Morgan fingerprint density at radius 3 is 2.45 bits per heavy atom. The van der Waals surface area contributed by atoms with Gasteiger partial charge in [0, 0.05) is 12.6 Å². The van der Waals surface area contributed by atoms with Crippen molar-refractivity contribution in [1.82, 2.24) is 10.6 Å². The van der Waals surface area contributed by atoms with Crippen LogP contribution in [-0.2, 0) is 16.1 Å². The molecule has 2 N–H and O–H groups in total. The molecule has 1 aliphatic rings. The van der Waals surface area contributed by atoms with Gasteiger partial charge < -0.3 is 15.4 Å². The number of nitrogens with one attached hydrogen (secondary N) is 2.